The number of esters is 1. The molecule has 156 valence electrons. The van der Waals surface area contributed by atoms with Crippen LogP contribution < -0.4 is 0 Å². The highest BCUT2D eigenvalue weighted by Crippen LogP contribution is 2.74. The second-order valence-corrected chi connectivity index (χ2v) is 11.0. The minimum Gasteiger partial charge on any atom is -0.462 e. The molecule has 2 saturated heterocycles. The zero-order chi connectivity index (χ0) is 19.4. The molecular weight excluding hydrogens is 356 g/mol. The summed E-state index contributed by atoms with van der Waals surface area (Å²) in [7, 11) is 0. The molecule has 5 heteroatoms. The van der Waals surface area contributed by atoms with Gasteiger partial charge in [-0.3, -0.25) is 4.79 Å². The molecule has 28 heavy (non-hydrogen) atoms. The molecule has 0 N–H and O–H groups in total. The van der Waals surface area contributed by atoms with Crippen LogP contribution in [0.4, 0.5) is 0 Å². The fourth-order valence-electron chi connectivity index (χ4n) is 8.71. The van der Waals surface area contributed by atoms with Crippen LogP contribution in [-0.4, -0.2) is 42.8 Å². The van der Waals surface area contributed by atoms with E-state index in [-0.39, 0.29) is 34.3 Å². The van der Waals surface area contributed by atoms with Gasteiger partial charge in [0.2, 0.25) is 0 Å². The predicted molar refractivity (Wildman–Crippen MR) is 101 cm³/mol. The first kappa shape index (κ1) is 18.1. The Kier molecular flexibility index (Phi) is 3.58. The molecule has 2 aliphatic heterocycles. The SMILES string of the molecule is CC(=O)O[C@H]1CC[C@H]2[C@@H]3C[C@H]4O[C@]45CC4(CC[C@]5(C)[C@H]3CC[C@]12C)OCCO4. The Hall–Kier alpha value is -0.650. The van der Waals surface area contributed by atoms with E-state index in [9.17, 15) is 4.79 Å². The van der Waals surface area contributed by atoms with E-state index >= 15 is 0 Å². The monoisotopic (exact) mass is 390 g/mol. The molecule has 0 aromatic rings. The summed E-state index contributed by atoms with van der Waals surface area (Å²) >= 11 is 0. The van der Waals surface area contributed by atoms with Crippen LogP contribution in [0.5, 0.6) is 0 Å². The second-order valence-electron chi connectivity index (χ2n) is 11.0. The molecule has 8 atom stereocenters. The van der Waals surface area contributed by atoms with Gasteiger partial charge in [0.25, 0.3) is 0 Å². The van der Waals surface area contributed by atoms with Crippen LogP contribution in [0.15, 0.2) is 0 Å². The topological polar surface area (TPSA) is 57.3 Å². The van der Waals surface area contributed by atoms with Crippen LogP contribution in [-0.2, 0) is 23.7 Å². The highest BCUT2D eigenvalue weighted by atomic mass is 16.7. The van der Waals surface area contributed by atoms with Crippen LogP contribution in [0, 0.1) is 28.6 Å². The Morgan fingerprint density at radius 3 is 2.54 bits per heavy atom. The molecule has 5 nitrogen and oxygen atoms in total. The normalized spacial score (nSPS) is 55.8. The molecule has 2 spiro atoms. The lowest BCUT2D eigenvalue weighted by Gasteiger charge is -2.60. The molecular formula is C23H34O5. The van der Waals surface area contributed by atoms with E-state index in [1.165, 1.54) is 25.7 Å². The number of carbonyl (C=O) groups is 1. The Labute approximate surface area is 167 Å². The van der Waals surface area contributed by atoms with Gasteiger partial charge in [0.1, 0.15) is 11.7 Å². The third-order valence-corrected chi connectivity index (χ3v) is 10.1. The fourth-order valence-corrected chi connectivity index (χ4v) is 8.71. The lowest BCUT2D eigenvalue weighted by atomic mass is 9.44. The molecule has 4 aliphatic carbocycles. The van der Waals surface area contributed by atoms with Gasteiger partial charge in [-0.25, -0.2) is 0 Å². The molecule has 0 aromatic heterocycles. The maximum atomic E-state index is 11.7. The molecule has 2 heterocycles. The van der Waals surface area contributed by atoms with Crippen molar-refractivity contribution in [2.75, 3.05) is 13.2 Å². The molecule has 0 unspecified atom stereocenters. The zero-order valence-corrected chi connectivity index (χ0v) is 17.5. The van der Waals surface area contributed by atoms with Crippen LogP contribution in [0.25, 0.3) is 0 Å². The second kappa shape index (κ2) is 5.53. The summed E-state index contributed by atoms with van der Waals surface area (Å²) in [5, 5.41) is 0. The van der Waals surface area contributed by atoms with Gasteiger partial charge < -0.3 is 18.9 Å². The summed E-state index contributed by atoms with van der Waals surface area (Å²) in [6.07, 6.45) is 9.33. The lowest BCUT2D eigenvalue weighted by molar-refractivity contribution is -0.227. The van der Waals surface area contributed by atoms with Crippen molar-refractivity contribution in [2.24, 2.45) is 28.6 Å². The highest BCUT2D eigenvalue weighted by molar-refractivity contribution is 5.66. The van der Waals surface area contributed by atoms with E-state index < -0.39 is 0 Å². The molecule has 6 aliphatic rings. The van der Waals surface area contributed by atoms with Gasteiger partial charge in [0.05, 0.1) is 19.3 Å². The summed E-state index contributed by atoms with van der Waals surface area (Å²) in [4.78, 5) is 11.7. The number of carbonyl (C=O) groups excluding carboxylic acids is 1. The maximum absolute atomic E-state index is 11.7. The Bertz CT molecular complexity index is 701. The number of epoxide rings is 1. The zero-order valence-electron chi connectivity index (χ0n) is 17.5. The van der Waals surface area contributed by atoms with E-state index in [1.54, 1.807) is 6.92 Å². The van der Waals surface area contributed by atoms with Crippen molar-refractivity contribution in [1.29, 1.82) is 0 Å². The number of hydrogen-bond donors (Lipinski definition) is 0. The number of rotatable bonds is 1. The van der Waals surface area contributed by atoms with Crippen molar-refractivity contribution in [3.05, 3.63) is 0 Å². The standard InChI is InChI=1S/C23H34O5/c1-14(24)27-18-5-4-16-15-12-19-23(28-19)13-22(25-10-11-26-22)9-8-21(23,3)17(15)6-7-20(16,18)2/h15-19H,4-13H2,1-3H3/t15-,16-,17-,18-,19+,20-,21+,23+/m0/s1. The van der Waals surface area contributed by atoms with E-state index in [0.717, 1.165) is 38.9 Å². The van der Waals surface area contributed by atoms with Crippen molar-refractivity contribution in [1.82, 2.24) is 0 Å². The van der Waals surface area contributed by atoms with Gasteiger partial charge in [0.15, 0.2) is 5.79 Å². The highest BCUT2D eigenvalue weighted by Gasteiger charge is 2.78. The minimum atomic E-state index is -0.377. The quantitative estimate of drug-likeness (QED) is 0.503. The number of ether oxygens (including phenoxy) is 4. The first-order valence-electron chi connectivity index (χ1n) is 11.4. The Morgan fingerprint density at radius 2 is 1.79 bits per heavy atom. The summed E-state index contributed by atoms with van der Waals surface area (Å²) < 4.78 is 24.5. The summed E-state index contributed by atoms with van der Waals surface area (Å²) in [5.74, 6) is 1.56. The van der Waals surface area contributed by atoms with Crippen LogP contribution in [0.2, 0.25) is 0 Å². The fraction of sp³-hybridized carbons (Fsp3) is 0.957. The molecule has 6 fully saturated rings. The van der Waals surface area contributed by atoms with Gasteiger partial charge in [-0.05, 0) is 56.3 Å². The maximum Gasteiger partial charge on any atom is 0.302 e. The third kappa shape index (κ3) is 2.11. The first-order valence-corrected chi connectivity index (χ1v) is 11.4. The van der Waals surface area contributed by atoms with Gasteiger partial charge in [-0.15, -0.1) is 0 Å². The smallest absolute Gasteiger partial charge is 0.302 e. The van der Waals surface area contributed by atoms with Gasteiger partial charge in [-0.1, -0.05) is 13.8 Å². The largest absolute Gasteiger partial charge is 0.462 e. The number of hydrogen-bond acceptors (Lipinski definition) is 5. The van der Waals surface area contributed by atoms with E-state index in [2.05, 4.69) is 13.8 Å². The Morgan fingerprint density at radius 1 is 1.00 bits per heavy atom. The lowest BCUT2D eigenvalue weighted by Crippen LogP contribution is -2.61. The molecule has 0 radical (unpaired) electrons. The van der Waals surface area contributed by atoms with Crippen LogP contribution in [0.3, 0.4) is 0 Å². The van der Waals surface area contributed by atoms with Gasteiger partial charge >= 0.3 is 5.97 Å². The summed E-state index contributed by atoms with van der Waals surface area (Å²) in [5.41, 5.74) is 0.339. The molecule has 0 amide bonds. The van der Waals surface area contributed by atoms with E-state index in [1.807, 2.05) is 0 Å². The van der Waals surface area contributed by atoms with E-state index in [0.29, 0.717) is 23.9 Å². The minimum absolute atomic E-state index is 0.0294. The molecule has 0 bridgehead atoms. The van der Waals surface area contributed by atoms with Crippen molar-refractivity contribution in [3.63, 3.8) is 0 Å². The summed E-state index contributed by atoms with van der Waals surface area (Å²) in [6, 6.07) is 0. The molecule has 0 aromatic carbocycles. The van der Waals surface area contributed by atoms with Crippen molar-refractivity contribution >= 4 is 5.97 Å². The van der Waals surface area contributed by atoms with Crippen LogP contribution in [0.1, 0.15) is 72.1 Å². The third-order valence-electron chi connectivity index (χ3n) is 10.1. The van der Waals surface area contributed by atoms with Gasteiger partial charge in [0, 0.05) is 30.6 Å². The average Bonchev–Trinajstić information content (AvgIpc) is 2.98. The Balaban J connectivity index is 1.29. The molecule has 4 saturated carbocycles. The van der Waals surface area contributed by atoms with E-state index in [4.69, 9.17) is 18.9 Å². The number of fused-ring (bicyclic) bond motifs is 4. The van der Waals surface area contributed by atoms with Crippen LogP contribution >= 0.6 is 0 Å². The van der Waals surface area contributed by atoms with Crippen molar-refractivity contribution in [2.45, 2.75) is 95.7 Å². The van der Waals surface area contributed by atoms with Crippen molar-refractivity contribution in [3.8, 4) is 0 Å². The first-order chi connectivity index (χ1) is 13.3. The summed E-state index contributed by atoms with van der Waals surface area (Å²) in [6.45, 7) is 7.90. The van der Waals surface area contributed by atoms with Gasteiger partial charge in [-0.2, -0.15) is 0 Å². The predicted octanol–water partition coefficient (Wildman–Crippen LogP) is 3.84. The molecule has 6 rings (SSSR count). The van der Waals surface area contributed by atoms with Crippen molar-refractivity contribution < 1.29 is 23.7 Å². The average molecular weight is 391 g/mol.